The second-order valence-electron chi connectivity index (χ2n) is 8.35. The standard InChI is InChI=1S/C23H27N3O4S/c1-13(2)11-18(22(28)25-16-9-10-30-23(16)29)26-21(27)14-7-8-20-17(12-14)24-15-5-3-4-6-19(15)31-20/h3-8,13,16,18,23,29H,9-12H2,1-2H3,(H,25,28)(H,26,27)/t16?,18-,23-/m0/s1. The number of aliphatic hydroxyl groups is 1. The van der Waals surface area contributed by atoms with Gasteiger partial charge in [-0.3, -0.25) is 14.6 Å². The van der Waals surface area contributed by atoms with E-state index in [1.807, 2.05) is 50.3 Å². The molecular weight excluding hydrogens is 414 g/mol. The van der Waals surface area contributed by atoms with Crippen LogP contribution >= 0.6 is 11.8 Å². The van der Waals surface area contributed by atoms with Crippen molar-refractivity contribution in [3.8, 4) is 0 Å². The molecule has 0 radical (unpaired) electrons. The van der Waals surface area contributed by atoms with Crippen LogP contribution in [0.3, 0.4) is 0 Å². The third-order valence-corrected chi connectivity index (χ3v) is 6.59. The number of nitrogens with one attached hydrogen (secondary N) is 2. The summed E-state index contributed by atoms with van der Waals surface area (Å²) in [6.45, 7) is 4.40. The quantitative estimate of drug-likeness (QED) is 0.630. The van der Waals surface area contributed by atoms with E-state index in [-0.39, 0.29) is 17.7 Å². The number of hydrogen-bond acceptors (Lipinski definition) is 6. The fourth-order valence-electron chi connectivity index (χ4n) is 3.80. The number of carbonyl (C=O) groups excluding carboxylic acids is 2. The van der Waals surface area contributed by atoms with Gasteiger partial charge < -0.3 is 20.5 Å². The first kappa shape index (κ1) is 21.8. The number of hydrogen-bond donors (Lipinski definition) is 3. The SMILES string of the molecule is CC(C)C[C@H](NC(=O)C1=CC=C2Sc3ccccc3N=C2C1)C(=O)NC1CCO[C@@H]1O. The zero-order valence-electron chi connectivity index (χ0n) is 17.6. The number of ether oxygens (including phenoxy) is 1. The zero-order chi connectivity index (χ0) is 22.0. The summed E-state index contributed by atoms with van der Waals surface area (Å²) in [4.78, 5) is 32.7. The van der Waals surface area contributed by atoms with Crippen LogP contribution in [0.25, 0.3) is 0 Å². The molecule has 7 nitrogen and oxygen atoms in total. The molecule has 2 heterocycles. The molecule has 1 unspecified atom stereocenters. The van der Waals surface area contributed by atoms with Crippen LogP contribution in [0.1, 0.15) is 33.1 Å². The maximum Gasteiger partial charge on any atom is 0.248 e. The van der Waals surface area contributed by atoms with Crippen molar-refractivity contribution in [3.05, 3.63) is 46.9 Å². The summed E-state index contributed by atoms with van der Waals surface area (Å²) in [5, 5.41) is 15.5. The molecule has 8 heteroatoms. The summed E-state index contributed by atoms with van der Waals surface area (Å²) in [6.07, 6.45) is 4.19. The molecule has 0 saturated carbocycles. The average molecular weight is 442 g/mol. The maximum absolute atomic E-state index is 13.0. The van der Waals surface area contributed by atoms with Crippen molar-refractivity contribution in [2.75, 3.05) is 6.61 Å². The molecule has 1 saturated heterocycles. The number of fused-ring (bicyclic) bond motifs is 2. The first-order chi connectivity index (χ1) is 14.9. The Morgan fingerprint density at radius 2 is 2.10 bits per heavy atom. The molecule has 3 atom stereocenters. The Morgan fingerprint density at radius 1 is 1.29 bits per heavy atom. The number of aliphatic hydroxyl groups excluding tert-OH is 1. The first-order valence-electron chi connectivity index (χ1n) is 10.6. The molecular formula is C23H27N3O4S. The molecule has 31 heavy (non-hydrogen) atoms. The predicted octanol–water partition coefficient (Wildman–Crippen LogP) is 2.83. The summed E-state index contributed by atoms with van der Waals surface area (Å²) in [6, 6.07) is 6.80. The Bertz CT molecular complexity index is 969. The lowest BCUT2D eigenvalue weighted by atomic mass is 9.99. The average Bonchev–Trinajstić information content (AvgIpc) is 3.15. The van der Waals surface area contributed by atoms with E-state index in [0.717, 1.165) is 21.2 Å². The molecule has 0 bridgehead atoms. The van der Waals surface area contributed by atoms with Gasteiger partial charge in [0.1, 0.15) is 6.04 Å². The van der Waals surface area contributed by atoms with E-state index in [1.165, 1.54) is 0 Å². The van der Waals surface area contributed by atoms with Gasteiger partial charge in [0, 0.05) is 21.8 Å². The van der Waals surface area contributed by atoms with E-state index in [0.29, 0.717) is 31.4 Å². The molecule has 0 aromatic heterocycles. The minimum atomic E-state index is -1.01. The number of carbonyl (C=O) groups is 2. The number of benzene rings is 1. The van der Waals surface area contributed by atoms with Gasteiger partial charge in [-0.1, -0.05) is 43.8 Å². The van der Waals surface area contributed by atoms with Gasteiger partial charge in [0.2, 0.25) is 11.8 Å². The van der Waals surface area contributed by atoms with Crippen molar-refractivity contribution in [3.63, 3.8) is 0 Å². The lowest BCUT2D eigenvalue weighted by Gasteiger charge is -2.25. The monoisotopic (exact) mass is 441 g/mol. The number of thioether (sulfide) groups is 1. The van der Waals surface area contributed by atoms with Crippen LogP contribution in [0.5, 0.6) is 0 Å². The molecule has 164 valence electrons. The highest BCUT2D eigenvalue weighted by Gasteiger charge is 2.32. The molecule has 1 aliphatic carbocycles. The van der Waals surface area contributed by atoms with Gasteiger partial charge in [0.15, 0.2) is 6.29 Å². The number of para-hydroxylation sites is 1. The number of nitrogens with zero attached hydrogens (tertiary/aromatic N) is 1. The third-order valence-electron chi connectivity index (χ3n) is 5.43. The van der Waals surface area contributed by atoms with E-state index >= 15 is 0 Å². The van der Waals surface area contributed by atoms with Crippen molar-refractivity contribution in [1.82, 2.24) is 10.6 Å². The van der Waals surface area contributed by atoms with Gasteiger partial charge >= 0.3 is 0 Å². The smallest absolute Gasteiger partial charge is 0.248 e. The van der Waals surface area contributed by atoms with Crippen LogP contribution in [-0.2, 0) is 14.3 Å². The van der Waals surface area contributed by atoms with Gasteiger partial charge in [0.25, 0.3) is 0 Å². The Labute approximate surface area is 186 Å². The van der Waals surface area contributed by atoms with Gasteiger partial charge in [-0.05, 0) is 37.0 Å². The van der Waals surface area contributed by atoms with Gasteiger partial charge in [-0.2, -0.15) is 0 Å². The van der Waals surface area contributed by atoms with Crippen LogP contribution in [-0.4, -0.2) is 47.6 Å². The van der Waals surface area contributed by atoms with Crippen molar-refractivity contribution in [2.24, 2.45) is 10.9 Å². The minimum absolute atomic E-state index is 0.211. The Hall–Kier alpha value is -2.42. The molecule has 3 N–H and O–H groups in total. The summed E-state index contributed by atoms with van der Waals surface area (Å²) >= 11 is 1.65. The van der Waals surface area contributed by atoms with Crippen molar-refractivity contribution >= 4 is 35.0 Å². The van der Waals surface area contributed by atoms with Crippen LogP contribution in [0, 0.1) is 5.92 Å². The Balaban J connectivity index is 1.45. The molecule has 1 aromatic carbocycles. The number of amides is 2. The van der Waals surface area contributed by atoms with E-state index in [2.05, 4.69) is 10.6 Å². The minimum Gasteiger partial charge on any atom is -0.366 e. The lowest BCUT2D eigenvalue weighted by Crippen LogP contribution is -2.52. The summed E-state index contributed by atoms with van der Waals surface area (Å²) in [5.41, 5.74) is 2.36. The molecule has 2 amide bonds. The summed E-state index contributed by atoms with van der Waals surface area (Å²) in [7, 11) is 0. The number of allylic oxidation sites excluding steroid dienone is 3. The van der Waals surface area contributed by atoms with Gasteiger partial charge in [0.05, 0.1) is 24.0 Å². The summed E-state index contributed by atoms with van der Waals surface area (Å²) in [5.74, 6) is -0.363. The van der Waals surface area contributed by atoms with E-state index in [4.69, 9.17) is 9.73 Å². The van der Waals surface area contributed by atoms with Crippen molar-refractivity contribution in [2.45, 2.75) is 56.4 Å². The number of aliphatic imine (C=N–C) groups is 1. The molecule has 1 aromatic rings. The van der Waals surface area contributed by atoms with Crippen LogP contribution in [0.4, 0.5) is 5.69 Å². The summed E-state index contributed by atoms with van der Waals surface area (Å²) < 4.78 is 5.10. The Kier molecular flexibility index (Phi) is 6.60. The highest BCUT2D eigenvalue weighted by Crippen LogP contribution is 2.42. The van der Waals surface area contributed by atoms with Crippen molar-refractivity contribution in [1.29, 1.82) is 0 Å². The van der Waals surface area contributed by atoms with Gasteiger partial charge in [-0.25, -0.2) is 0 Å². The third kappa shape index (κ3) is 5.08. The molecule has 0 spiro atoms. The van der Waals surface area contributed by atoms with Crippen molar-refractivity contribution < 1.29 is 19.4 Å². The lowest BCUT2D eigenvalue weighted by molar-refractivity contribution is -0.130. The topological polar surface area (TPSA) is 100 Å². The Morgan fingerprint density at radius 3 is 2.84 bits per heavy atom. The zero-order valence-corrected chi connectivity index (χ0v) is 18.4. The van der Waals surface area contributed by atoms with E-state index in [9.17, 15) is 14.7 Å². The van der Waals surface area contributed by atoms with E-state index < -0.39 is 18.4 Å². The normalized spacial score (nSPS) is 23.2. The van der Waals surface area contributed by atoms with Crippen LogP contribution in [0.15, 0.2) is 56.8 Å². The second-order valence-corrected chi connectivity index (χ2v) is 9.43. The largest absolute Gasteiger partial charge is 0.366 e. The molecule has 4 rings (SSSR count). The maximum atomic E-state index is 13.0. The first-order valence-corrected chi connectivity index (χ1v) is 11.4. The highest BCUT2D eigenvalue weighted by molar-refractivity contribution is 8.04. The molecule has 3 aliphatic rings. The fraction of sp³-hybridized carbons (Fsp3) is 0.435. The van der Waals surface area contributed by atoms with Gasteiger partial charge in [-0.15, -0.1) is 0 Å². The predicted molar refractivity (Wildman–Crippen MR) is 120 cm³/mol. The van der Waals surface area contributed by atoms with E-state index in [1.54, 1.807) is 11.8 Å². The molecule has 1 fully saturated rings. The highest BCUT2D eigenvalue weighted by atomic mass is 32.2. The van der Waals surface area contributed by atoms with Crippen LogP contribution in [0.2, 0.25) is 0 Å². The van der Waals surface area contributed by atoms with Crippen LogP contribution < -0.4 is 10.6 Å². The fourth-order valence-corrected chi connectivity index (χ4v) is 4.77. The number of rotatable bonds is 6. The molecule has 2 aliphatic heterocycles. The second kappa shape index (κ2) is 9.38.